The highest BCUT2D eigenvalue weighted by Crippen LogP contribution is 2.17. The van der Waals surface area contributed by atoms with Gasteiger partial charge < -0.3 is 15.5 Å². The van der Waals surface area contributed by atoms with Crippen LogP contribution in [0.2, 0.25) is 0 Å². The number of hydrogen-bond donors (Lipinski definition) is 2. The van der Waals surface area contributed by atoms with Crippen molar-refractivity contribution < 1.29 is 4.79 Å². The molecule has 1 unspecified atom stereocenters. The summed E-state index contributed by atoms with van der Waals surface area (Å²) in [7, 11) is 0. The predicted octanol–water partition coefficient (Wildman–Crippen LogP) is 1.25. The molecule has 2 amide bonds. The topological polar surface area (TPSA) is 47.6 Å². The van der Waals surface area contributed by atoms with Gasteiger partial charge in [-0.2, -0.15) is 0 Å². The fraction of sp³-hybridized carbons (Fsp3) is 0.933. The first kappa shape index (κ1) is 15.6. The summed E-state index contributed by atoms with van der Waals surface area (Å²) in [6, 6.07) is 0.722. The lowest BCUT2D eigenvalue weighted by atomic mass is 10.0. The van der Waals surface area contributed by atoms with Crippen molar-refractivity contribution in [2.75, 3.05) is 39.3 Å². The molecule has 116 valence electrons. The van der Waals surface area contributed by atoms with Crippen molar-refractivity contribution in [3.05, 3.63) is 0 Å². The zero-order valence-corrected chi connectivity index (χ0v) is 13.2. The summed E-state index contributed by atoms with van der Waals surface area (Å²) >= 11 is 0. The standard InChI is InChI=1S/C15H30N4O/c1-15(2,3)17-12-13-6-4-5-8-18(13)10-11-19-9-7-16-14(19)20/h13,17H,4-12H2,1-3H3,(H,16,20). The maximum atomic E-state index is 11.6. The number of rotatable bonds is 5. The van der Waals surface area contributed by atoms with Crippen molar-refractivity contribution in [2.24, 2.45) is 0 Å². The van der Waals surface area contributed by atoms with Crippen LogP contribution in [-0.4, -0.2) is 66.7 Å². The minimum Gasteiger partial charge on any atom is -0.336 e. The normalized spacial score (nSPS) is 25.1. The molecule has 2 saturated heterocycles. The molecule has 0 aliphatic carbocycles. The molecule has 2 N–H and O–H groups in total. The Bertz CT molecular complexity index is 326. The monoisotopic (exact) mass is 282 g/mol. The molecule has 5 heteroatoms. The number of nitrogens with one attached hydrogen (secondary N) is 2. The molecule has 0 aromatic rings. The second-order valence-corrected chi connectivity index (χ2v) is 7.04. The molecular weight excluding hydrogens is 252 g/mol. The predicted molar refractivity (Wildman–Crippen MR) is 81.9 cm³/mol. The molecule has 2 fully saturated rings. The lowest BCUT2D eigenvalue weighted by molar-refractivity contribution is 0.127. The minimum atomic E-state index is 0.103. The highest BCUT2D eigenvalue weighted by Gasteiger charge is 2.26. The molecule has 1 atom stereocenters. The summed E-state index contributed by atoms with van der Waals surface area (Å²) in [6.45, 7) is 12.4. The van der Waals surface area contributed by atoms with Gasteiger partial charge in [0, 0.05) is 44.3 Å². The van der Waals surface area contributed by atoms with Crippen molar-refractivity contribution in [2.45, 2.75) is 51.6 Å². The maximum Gasteiger partial charge on any atom is 0.317 e. The van der Waals surface area contributed by atoms with Gasteiger partial charge in [-0.1, -0.05) is 6.42 Å². The third-order valence-corrected chi connectivity index (χ3v) is 4.22. The van der Waals surface area contributed by atoms with Crippen molar-refractivity contribution in [1.29, 1.82) is 0 Å². The van der Waals surface area contributed by atoms with Crippen molar-refractivity contribution >= 4 is 6.03 Å². The van der Waals surface area contributed by atoms with Gasteiger partial charge in [0.15, 0.2) is 0 Å². The number of urea groups is 1. The van der Waals surface area contributed by atoms with Crippen LogP contribution in [0.5, 0.6) is 0 Å². The summed E-state index contributed by atoms with van der Waals surface area (Å²) in [6.07, 6.45) is 3.89. The molecule has 0 saturated carbocycles. The molecule has 0 aromatic carbocycles. The summed E-state index contributed by atoms with van der Waals surface area (Å²) in [5, 5.41) is 6.49. The van der Waals surface area contributed by atoms with Crippen LogP contribution < -0.4 is 10.6 Å². The van der Waals surface area contributed by atoms with Crippen LogP contribution in [0, 0.1) is 0 Å². The minimum absolute atomic E-state index is 0.103. The number of likely N-dealkylation sites (tertiary alicyclic amines) is 1. The quantitative estimate of drug-likeness (QED) is 0.798. The molecule has 2 rings (SSSR count). The molecule has 0 bridgehead atoms. The Labute approximate surface area is 123 Å². The Hall–Kier alpha value is -0.810. The van der Waals surface area contributed by atoms with Crippen LogP contribution in [0.1, 0.15) is 40.0 Å². The number of carbonyl (C=O) groups excluding carboxylic acids is 1. The summed E-state index contributed by atoms with van der Waals surface area (Å²) in [5.74, 6) is 0. The summed E-state index contributed by atoms with van der Waals surface area (Å²) < 4.78 is 0. The zero-order valence-electron chi connectivity index (χ0n) is 13.2. The number of carbonyl (C=O) groups is 1. The van der Waals surface area contributed by atoms with Gasteiger partial charge in [-0.05, 0) is 40.2 Å². The molecule has 2 aliphatic rings. The zero-order chi connectivity index (χ0) is 14.6. The Morgan fingerprint density at radius 1 is 1.25 bits per heavy atom. The van der Waals surface area contributed by atoms with E-state index < -0.39 is 0 Å². The molecule has 5 nitrogen and oxygen atoms in total. The third kappa shape index (κ3) is 4.63. The SMILES string of the molecule is CC(C)(C)NCC1CCCCN1CCN1CCNC1=O. The maximum absolute atomic E-state index is 11.6. The van der Waals surface area contributed by atoms with Gasteiger partial charge in [0.25, 0.3) is 0 Å². The van der Waals surface area contributed by atoms with E-state index in [1.54, 1.807) is 0 Å². The highest BCUT2D eigenvalue weighted by molar-refractivity contribution is 5.76. The third-order valence-electron chi connectivity index (χ3n) is 4.22. The van der Waals surface area contributed by atoms with Gasteiger partial charge in [-0.15, -0.1) is 0 Å². The van der Waals surface area contributed by atoms with Crippen molar-refractivity contribution in [1.82, 2.24) is 20.4 Å². The van der Waals surface area contributed by atoms with E-state index >= 15 is 0 Å². The Morgan fingerprint density at radius 3 is 2.70 bits per heavy atom. The Balaban J connectivity index is 1.79. The van der Waals surface area contributed by atoms with Crippen LogP contribution in [0.4, 0.5) is 4.79 Å². The highest BCUT2D eigenvalue weighted by atomic mass is 16.2. The first-order valence-electron chi connectivity index (χ1n) is 7.97. The van der Waals surface area contributed by atoms with Crippen molar-refractivity contribution in [3.63, 3.8) is 0 Å². The van der Waals surface area contributed by atoms with E-state index in [0.29, 0.717) is 6.04 Å². The van der Waals surface area contributed by atoms with Crippen molar-refractivity contribution in [3.8, 4) is 0 Å². The first-order chi connectivity index (χ1) is 9.46. The number of hydrogen-bond acceptors (Lipinski definition) is 3. The summed E-state index contributed by atoms with van der Waals surface area (Å²) in [4.78, 5) is 16.1. The van der Waals surface area contributed by atoms with Crippen LogP contribution in [-0.2, 0) is 0 Å². The van der Waals surface area contributed by atoms with Crippen LogP contribution in [0.3, 0.4) is 0 Å². The van der Waals surface area contributed by atoms with E-state index in [2.05, 4.69) is 36.3 Å². The largest absolute Gasteiger partial charge is 0.336 e. The van der Waals surface area contributed by atoms with Gasteiger partial charge in [-0.3, -0.25) is 4.90 Å². The molecule has 2 heterocycles. The Morgan fingerprint density at radius 2 is 2.05 bits per heavy atom. The fourth-order valence-corrected chi connectivity index (χ4v) is 2.98. The number of piperidine rings is 1. The van der Waals surface area contributed by atoms with E-state index in [9.17, 15) is 4.79 Å². The second-order valence-electron chi connectivity index (χ2n) is 7.04. The van der Waals surface area contributed by atoms with E-state index in [4.69, 9.17) is 0 Å². The molecule has 0 aromatic heterocycles. The van der Waals surface area contributed by atoms with Gasteiger partial charge in [-0.25, -0.2) is 4.79 Å². The second kappa shape index (κ2) is 6.76. The number of nitrogens with zero attached hydrogens (tertiary/aromatic N) is 2. The number of amides is 2. The smallest absolute Gasteiger partial charge is 0.317 e. The lowest BCUT2D eigenvalue weighted by Crippen LogP contribution is -2.51. The molecular formula is C15H30N4O. The molecule has 0 radical (unpaired) electrons. The van der Waals surface area contributed by atoms with Gasteiger partial charge in [0.2, 0.25) is 0 Å². The lowest BCUT2D eigenvalue weighted by Gasteiger charge is -2.38. The van der Waals surface area contributed by atoms with Crippen LogP contribution in [0.15, 0.2) is 0 Å². The molecule has 2 aliphatic heterocycles. The first-order valence-corrected chi connectivity index (χ1v) is 7.97. The molecule has 0 spiro atoms. The van der Waals surface area contributed by atoms with E-state index in [1.807, 2.05) is 4.90 Å². The Kier molecular flexibility index (Phi) is 5.27. The average molecular weight is 282 g/mol. The van der Waals surface area contributed by atoms with Gasteiger partial charge >= 0.3 is 6.03 Å². The van der Waals surface area contributed by atoms with E-state index in [0.717, 1.165) is 32.7 Å². The molecule has 20 heavy (non-hydrogen) atoms. The van der Waals surface area contributed by atoms with Gasteiger partial charge in [0.05, 0.1) is 0 Å². The summed E-state index contributed by atoms with van der Waals surface area (Å²) in [5.41, 5.74) is 0.179. The van der Waals surface area contributed by atoms with E-state index in [-0.39, 0.29) is 11.6 Å². The van der Waals surface area contributed by atoms with Gasteiger partial charge in [0.1, 0.15) is 0 Å². The van der Waals surface area contributed by atoms with Crippen LogP contribution >= 0.6 is 0 Å². The fourth-order valence-electron chi connectivity index (χ4n) is 2.98. The average Bonchev–Trinajstić information content (AvgIpc) is 2.79. The van der Waals surface area contributed by atoms with Crippen LogP contribution in [0.25, 0.3) is 0 Å². The van der Waals surface area contributed by atoms with E-state index in [1.165, 1.54) is 25.8 Å².